The monoisotopic (exact) mass is 440 g/mol. The molecule has 1 aliphatic heterocycles. The van der Waals surface area contributed by atoms with Crippen LogP contribution in [0.15, 0.2) is 23.0 Å². The summed E-state index contributed by atoms with van der Waals surface area (Å²) < 4.78 is 11.8. The Balaban J connectivity index is 1.38. The first kappa shape index (κ1) is 20.0. The summed E-state index contributed by atoms with van der Waals surface area (Å²) >= 11 is 1.56. The first-order valence-corrected chi connectivity index (χ1v) is 11.2. The van der Waals surface area contributed by atoms with Crippen molar-refractivity contribution in [2.45, 2.75) is 46.6 Å². The zero-order valence-corrected chi connectivity index (χ0v) is 18.5. The van der Waals surface area contributed by atoms with E-state index in [-0.39, 0.29) is 30.2 Å². The fourth-order valence-electron chi connectivity index (χ4n) is 4.28. The maximum absolute atomic E-state index is 13.1. The molecular formula is C22H24N4O4S. The van der Waals surface area contributed by atoms with Crippen LogP contribution in [0.4, 0.5) is 5.69 Å². The molecule has 162 valence electrons. The van der Waals surface area contributed by atoms with Crippen LogP contribution in [0.5, 0.6) is 11.5 Å². The van der Waals surface area contributed by atoms with Crippen LogP contribution in [0.1, 0.15) is 37.6 Å². The highest BCUT2D eigenvalue weighted by atomic mass is 32.1. The molecule has 1 unspecified atom stereocenters. The fraction of sp³-hybridized carbons (Fsp3) is 0.455. The lowest BCUT2D eigenvalue weighted by molar-refractivity contribution is -0.117. The summed E-state index contributed by atoms with van der Waals surface area (Å²) in [5.41, 5.74) is 1.63. The zero-order chi connectivity index (χ0) is 21.8. The van der Waals surface area contributed by atoms with Crippen LogP contribution in [0.25, 0.3) is 10.2 Å². The number of thiophene rings is 1. The molecule has 1 N–H and O–H groups in total. The number of nitrogens with one attached hydrogen (secondary N) is 1. The van der Waals surface area contributed by atoms with Gasteiger partial charge in [-0.25, -0.2) is 4.68 Å². The summed E-state index contributed by atoms with van der Waals surface area (Å²) in [6, 6.07) is 5.15. The van der Waals surface area contributed by atoms with Crippen LogP contribution in [0.3, 0.4) is 0 Å². The van der Waals surface area contributed by atoms with E-state index in [0.29, 0.717) is 33.3 Å². The van der Waals surface area contributed by atoms with Gasteiger partial charge in [-0.15, -0.1) is 16.4 Å². The maximum atomic E-state index is 13.1. The molecule has 31 heavy (non-hydrogen) atoms. The second-order valence-electron chi connectivity index (χ2n) is 9.16. The van der Waals surface area contributed by atoms with E-state index in [1.807, 2.05) is 0 Å². The quantitative estimate of drug-likeness (QED) is 0.671. The normalized spacial score (nSPS) is 17.6. The summed E-state index contributed by atoms with van der Waals surface area (Å²) in [5.74, 6) is 1.44. The Morgan fingerprint density at radius 2 is 2.10 bits per heavy atom. The molecule has 1 atom stereocenters. The van der Waals surface area contributed by atoms with Crippen molar-refractivity contribution in [2.24, 2.45) is 11.3 Å². The molecule has 3 aromatic rings. The Morgan fingerprint density at radius 3 is 2.90 bits per heavy atom. The largest absolute Gasteiger partial charge is 0.454 e. The van der Waals surface area contributed by atoms with E-state index in [2.05, 4.69) is 36.4 Å². The number of carbonyl (C=O) groups excluding carboxylic acids is 1. The first-order valence-electron chi connectivity index (χ1n) is 10.4. The molecule has 5 rings (SSSR count). The number of nitrogens with zero attached hydrogens (tertiary/aromatic N) is 3. The van der Waals surface area contributed by atoms with Gasteiger partial charge in [-0.1, -0.05) is 26.0 Å². The predicted octanol–water partition coefficient (Wildman–Crippen LogP) is 3.37. The number of hydrogen-bond acceptors (Lipinski definition) is 7. The van der Waals surface area contributed by atoms with E-state index in [1.165, 1.54) is 4.88 Å². The fourth-order valence-corrected chi connectivity index (χ4v) is 5.52. The molecule has 1 aliphatic carbocycles. The van der Waals surface area contributed by atoms with Gasteiger partial charge in [0.2, 0.25) is 12.7 Å². The van der Waals surface area contributed by atoms with E-state index in [1.54, 1.807) is 29.5 Å². The van der Waals surface area contributed by atoms with Gasteiger partial charge in [-0.2, -0.15) is 0 Å². The average Bonchev–Trinajstić information content (AvgIpc) is 3.32. The summed E-state index contributed by atoms with van der Waals surface area (Å²) in [5, 5.41) is 11.7. The van der Waals surface area contributed by atoms with Gasteiger partial charge < -0.3 is 14.8 Å². The number of benzene rings is 1. The van der Waals surface area contributed by atoms with Crippen molar-refractivity contribution >= 4 is 33.1 Å². The number of amides is 1. The van der Waals surface area contributed by atoms with Gasteiger partial charge in [0.1, 0.15) is 6.54 Å². The minimum Gasteiger partial charge on any atom is -0.454 e. The third-order valence-corrected chi connectivity index (χ3v) is 7.25. The van der Waals surface area contributed by atoms with Crippen LogP contribution in [-0.2, 0) is 24.2 Å². The number of rotatable bonds is 3. The molecule has 0 radical (unpaired) electrons. The average molecular weight is 441 g/mol. The number of hydrogen-bond donors (Lipinski definition) is 1. The second kappa shape index (κ2) is 7.33. The van der Waals surface area contributed by atoms with Gasteiger partial charge in [0.25, 0.3) is 5.56 Å². The van der Waals surface area contributed by atoms with Gasteiger partial charge in [-0.05, 0) is 48.3 Å². The van der Waals surface area contributed by atoms with Crippen LogP contribution >= 0.6 is 11.3 Å². The summed E-state index contributed by atoms with van der Waals surface area (Å²) in [6.45, 7) is 6.76. The highest BCUT2D eigenvalue weighted by molar-refractivity contribution is 7.18. The smallest absolute Gasteiger partial charge is 0.279 e. The number of aryl methyl sites for hydroxylation is 1. The van der Waals surface area contributed by atoms with Crippen LogP contribution < -0.4 is 20.3 Å². The Labute approximate surface area is 183 Å². The van der Waals surface area contributed by atoms with E-state index < -0.39 is 0 Å². The molecule has 8 nitrogen and oxygen atoms in total. The first-order chi connectivity index (χ1) is 14.8. The summed E-state index contributed by atoms with van der Waals surface area (Å²) in [6.07, 6.45) is 2.88. The highest BCUT2D eigenvalue weighted by Crippen LogP contribution is 2.41. The zero-order valence-electron chi connectivity index (χ0n) is 17.7. The number of aromatic nitrogens is 3. The standard InChI is InChI=1S/C22H24N4O4S/c1-22(2,3)12-4-6-14-17(8-12)31-20-19(14)21(28)26(25-24-20)10-18(27)23-13-5-7-15-16(9-13)30-11-29-15/h5,7,9,12H,4,6,8,10-11H2,1-3H3,(H,23,27). The molecule has 0 fully saturated rings. The predicted molar refractivity (Wildman–Crippen MR) is 118 cm³/mol. The summed E-state index contributed by atoms with van der Waals surface area (Å²) in [4.78, 5) is 27.6. The SMILES string of the molecule is CC(C)(C)C1CCc2c(sc3nnn(CC(=O)Nc4ccc5c(c4)OCO5)c(=O)c23)C1. The third-order valence-electron chi connectivity index (χ3n) is 6.11. The van der Waals surface area contributed by atoms with Gasteiger partial charge in [-0.3, -0.25) is 9.59 Å². The van der Waals surface area contributed by atoms with Crippen LogP contribution in [-0.4, -0.2) is 27.7 Å². The molecule has 2 aromatic heterocycles. The van der Waals surface area contributed by atoms with Crippen molar-refractivity contribution < 1.29 is 14.3 Å². The number of carbonyl (C=O) groups is 1. The molecule has 1 aromatic carbocycles. The molecule has 0 saturated carbocycles. The lowest BCUT2D eigenvalue weighted by atomic mass is 9.72. The molecular weight excluding hydrogens is 416 g/mol. The number of anilines is 1. The van der Waals surface area contributed by atoms with Gasteiger partial charge >= 0.3 is 0 Å². The van der Waals surface area contributed by atoms with Gasteiger partial charge in [0.05, 0.1) is 5.39 Å². The maximum Gasteiger partial charge on any atom is 0.279 e. The van der Waals surface area contributed by atoms with Crippen molar-refractivity contribution in [3.8, 4) is 11.5 Å². The molecule has 0 bridgehead atoms. The van der Waals surface area contributed by atoms with Crippen molar-refractivity contribution in [1.82, 2.24) is 15.0 Å². The lowest BCUT2D eigenvalue weighted by Gasteiger charge is -2.33. The second-order valence-corrected chi connectivity index (χ2v) is 10.2. The van der Waals surface area contributed by atoms with E-state index in [9.17, 15) is 9.59 Å². The molecule has 0 spiro atoms. The van der Waals surface area contributed by atoms with Crippen molar-refractivity contribution in [3.63, 3.8) is 0 Å². The molecule has 3 heterocycles. The van der Waals surface area contributed by atoms with Crippen molar-refractivity contribution in [3.05, 3.63) is 39.0 Å². The van der Waals surface area contributed by atoms with Crippen LogP contribution in [0.2, 0.25) is 0 Å². The van der Waals surface area contributed by atoms with E-state index in [4.69, 9.17) is 9.47 Å². The van der Waals surface area contributed by atoms with E-state index >= 15 is 0 Å². The third kappa shape index (κ3) is 3.67. The van der Waals surface area contributed by atoms with Gasteiger partial charge in [0, 0.05) is 16.6 Å². The molecule has 2 aliphatic rings. The molecule has 0 saturated heterocycles. The van der Waals surface area contributed by atoms with Crippen LogP contribution in [0, 0.1) is 11.3 Å². The lowest BCUT2D eigenvalue weighted by Crippen LogP contribution is -2.31. The van der Waals surface area contributed by atoms with Crippen molar-refractivity contribution in [1.29, 1.82) is 0 Å². The highest BCUT2D eigenvalue weighted by Gasteiger charge is 2.32. The number of fused-ring (bicyclic) bond motifs is 4. The minimum atomic E-state index is -0.355. The van der Waals surface area contributed by atoms with E-state index in [0.717, 1.165) is 29.5 Å². The molecule has 9 heteroatoms. The minimum absolute atomic E-state index is 0.166. The van der Waals surface area contributed by atoms with Gasteiger partial charge in [0.15, 0.2) is 16.3 Å². The Bertz CT molecular complexity index is 1240. The Kier molecular flexibility index (Phi) is 4.73. The number of ether oxygens (including phenoxy) is 2. The summed E-state index contributed by atoms with van der Waals surface area (Å²) in [7, 11) is 0. The Morgan fingerprint density at radius 1 is 1.29 bits per heavy atom. The molecule has 1 amide bonds. The Hall–Kier alpha value is -2.94. The van der Waals surface area contributed by atoms with Crippen molar-refractivity contribution in [2.75, 3.05) is 12.1 Å². The topological polar surface area (TPSA) is 95.3 Å².